The maximum Gasteiger partial charge on any atom is 0.261 e. The second kappa shape index (κ2) is 9.59. The highest BCUT2D eigenvalue weighted by atomic mass is 35.5. The normalized spacial score (nSPS) is 14.4. The van der Waals surface area contributed by atoms with Crippen molar-refractivity contribution in [1.29, 1.82) is 0 Å². The van der Waals surface area contributed by atoms with E-state index in [0.717, 1.165) is 43.9 Å². The molecule has 1 saturated heterocycles. The van der Waals surface area contributed by atoms with Crippen LogP contribution < -0.4 is 21.7 Å². The zero-order chi connectivity index (χ0) is 21.8. The lowest BCUT2D eigenvalue weighted by atomic mass is 9.98. The highest BCUT2D eigenvalue weighted by molar-refractivity contribution is 7.18. The van der Waals surface area contributed by atoms with Crippen LogP contribution in [-0.4, -0.2) is 40.5 Å². The van der Waals surface area contributed by atoms with E-state index in [1.54, 1.807) is 6.07 Å². The topological polar surface area (TPSA) is 118 Å². The average molecular weight is 458 g/mol. The summed E-state index contributed by atoms with van der Waals surface area (Å²) in [6.07, 6.45) is 3.81. The number of aromatic nitrogens is 3. The van der Waals surface area contributed by atoms with E-state index in [4.69, 9.17) is 17.3 Å². The number of carbonyl (C=O) groups is 1. The third kappa shape index (κ3) is 5.12. The standard InChI is InChI=1S/C21H24ClN7OS/c1-12-3-2-4-14(22)17(12)18-19(20(23)30)31-21(29-18)28-16-9-15(26-11-27-16)25-10-13-5-7-24-8-6-13/h2-4,9,11,13,24H,5-8,10H2,1H3,(H2,23,30)(H2,25,26,27,28,29). The van der Waals surface area contributed by atoms with E-state index in [1.807, 2.05) is 25.1 Å². The van der Waals surface area contributed by atoms with E-state index < -0.39 is 5.91 Å². The Morgan fingerprint density at radius 3 is 2.81 bits per heavy atom. The minimum atomic E-state index is -0.549. The molecule has 8 nitrogen and oxygen atoms in total. The molecule has 0 saturated carbocycles. The average Bonchev–Trinajstić information content (AvgIpc) is 3.17. The van der Waals surface area contributed by atoms with Crippen molar-refractivity contribution in [2.45, 2.75) is 19.8 Å². The zero-order valence-electron chi connectivity index (χ0n) is 17.1. The Morgan fingerprint density at radius 1 is 1.29 bits per heavy atom. The van der Waals surface area contributed by atoms with Gasteiger partial charge in [0.2, 0.25) is 0 Å². The number of hydrogen-bond donors (Lipinski definition) is 4. The number of primary amides is 1. The van der Waals surface area contributed by atoms with Gasteiger partial charge in [-0.3, -0.25) is 4.79 Å². The number of piperidine rings is 1. The fraction of sp³-hybridized carbons (Fsp3) is 0.333. The Hall–Kier alpha value is -2.75. The molecule has 0 unspecified atom stereocenters. The largest absolute Gasteiger partial charge is 0.370 e. The van der Waals surface area contributed by atoms with Crippen LogP contribution in [0.4, 0.5) is 16.8 Å². The van der Waals surface area contributed by atoms with Gasteiger partial charge in [-0.1, -0.05) is 35.1 Å². The van der Waals surface area contributed by atoms with Crippen LogP contribution in [0, 0.1) is 12.8 Å². The minimum absolute atomic E-state index is 0.344. The van der Waals surface area contributed by atoms with Crippen molar-refractivity contribution in [3.8, 4) is 11.3 Å². The number of halogens is 1. The first-order chi connectivity index (χ1) is 15.0. The molecule has 0 atom stereocenters. The number of nitrogens with one attached hydrogen (secondary N) is 3. The van der Waals surface area contributed by atoms with Gasteiger partial charge >= 0.3 is 0 Å². The first-order valence-electron chi connectivity index (χ1n) is 10.1. The number of carbonyl (C=O) groups excluding carboxylic acids is 1. The number of aryl methyl sites for hydroxylation is 1. The molecule has 1 aliphatic heterocycles. The third-order valence-electron chi connectivity index (χ3n) is 5.24. The molecule has 162 valence electrons. The number of benzene rings is 1. The summed E-state index contributed by atoms with van der Waals surface area (Å²) in [6, 6.07) is 7.37. The van der Waals surface area contributed by atoms with Crippen molar-refractivity contribution in [2.75, 3.05) is 30.3 Å². The minimum Gasteiger partial charge on any atom is -0.370 e. The molecular formula is C21H24ClN7OS. The van der Waals surface area contributed by atoms with Crippen molar-refractivity contribution in [3.05, 3.63) is 46.1 Å². The first kappa shape index (κ1) is 21.5. The summed E-state index contributed by atoms with van der Waals surface area (Å²) in [5, 5.41) is 10.9. The molecule has 0 radical (unpaired) electrons. The Kier molecular flexibility index (Phi) is 6.64. The molecule has 1 fully saturated rings. The van der Waals surface area contributed by atoms with Crippen LogP contribution in [0.3, 0.4) is 0 Å². The van der Waals surface area contributed by atoms with Gasteiger partial charge < -0.3 is 21.7 Å². The summed E-state index contributed by atoms with van der Waals surface area (Å²) in [4.78, 5) is 25.6. The van der Waals surface area contributed by atoms with Gasteiger partial charge in [0.25, 0.3) is 5.91 Å². The van der Waals surface area contributed by atoms with E-state index in [9.17, 15) is 4.79 Å². The SMILES string of the molecule is Cc1cccc(Cl)c1-c1nc(Nc2cc(NCC3CCNCC3)ncn2)sc1C(N)=O. The lowest BCUT2D eigenvalue weighted by molar-refractivity contribution is 0.100. The number of thiazole rings is 1. The molecular weight excluding hydrogens is 434 g/mol. The molecule has 0 spiro atoms. The summed E-state index contributed by atoms with van der Waals surface area (Å²) in [6.45, 7) is 4.91. The highest BCUT2D eigenvalue weighted by Crippen LogP contribution is 2.37. The molecule has 0 bridgehead atoms. The van der Waals surface area contributed by atoms with Crippen molar-refractivity contribution >= 4 is 45.6 Å². The lowest BCUT2D eigenvalue weighted by Gasteiger charge is -2.22. The summed E-state index contributed by atoms with van der Waals surface area (Å²) < 4.78 is 0. The fourth-order valence-electron chi connectivity index (χ4n) is 3.61. The number of nitrogens with two attached hydrogens (primary N) is 1. The van der Waals surface area contributed by atoms with Gasteiger partial charge in [-0.25, -0.2) is 15.0 Å². The van der Waals surface area contributed by atoms with Crippen LogP contribution in [0.5, 0.6) is 0 Å². The Bertz CT molecular complexity index is 1060. The van der Waals surface area contributed by atoms with E-state index in [-0.39, 0.29) is 0 Å². The van der Waals surface area contributed by atoms with Crippen LogP contribution in [0.1, 0.15) is 28.1 Å². The molecule has 1 aliphatic rings. The molecule has 3 aromatic rings. The van der Waals surface area contributed by atoms with Crippen LogP contribution >= 0.6 is 22.9 Å². The summed E-state index contributed by atoms with van der Waals surface area (Å²) in [5.41, 5.74) is 7.71. The van der Waals surface area contributed by atoms with Crippen LogP contribution in [0.15, 0.2) is 30.6 Å². The second-order valence-electron chi connectivity index (χ2n) is 7.48. The van der Waals surface area contributed by atoms with Crippen molar-refractivity contribution in [1.82, 2.24) is 20.3 Å². The van der Waals surface area contributed by atoms with E-state index >= 15 is 0 Å². The molecule has 10 heteroatoms. The van der Waals surface area contributed by atoms with Gasteiger partial charge in [0.15, 0.2) is 5.13 Å². The van der Waals surface area contributed by atoms with Gasteiger partial charge in [-0.15, -0.1) is 0 Å². The Labute approximate surface area is 189 Å². The van der Waals surface area contributed by atoms with Crippen molar-refractivity contribution < 1.29 is 4.79 Å². The quantitative estimate of drug-likeness (QED) is 0.426. The van der Waals surface area contributed by atoms with Gasteiger partial charge in [-0.2, -0.15) is 0 Å². The highest BCUT2D eigenvalue weighted by Gasteiger charge is 2.21. The molecule has 31 heavy (non-hydrogen) atoms. The Balaban J connectivity index is 1.54. The summed E-state index contributed by atoms with van der Waals surface area (Å²) in [7, 11) is 0. The third-order valence-corrected chi connectivity index (χ3v) is 6.54. The lowest BCUT2D eigenvalue weighted by Crippen LogP contribution is -2.31. The number of anilines is 3. The Morgan fingerprint density at radius 2 is 2.06 bits per heavy atom. The fourth-order valence-corrected chi connectivity index (χ4v) is 4.75. The maximum absolute atomic E-state index is 12.1. The molecule has 2 aromatic heterocycles. The molecule has 3 heterocycles. The number of hydrogen-bond acceptors (Lipinski definition) is 8. The summed E-state index contributed by atoms with van der Waals surface area (Å²) >= 11 is 7.56. The second-order valence-corrected chi connectivity index (χ2v) is 8.89. The van der Waals surface area contributed by atoms with Crippen molar-refractivity contribution in [3.63, 3.8) is 0 Å². The molecule has 1 aromatic carbocycles. The van der Waals surface area contributed by atoms with E-state index in [2.05, 4.69) is 30.9 Å². The summed E-state index contributed by atoms with van der Waals surface area (Å²) in [5.74, 6) is 1.40. The monoisotopic (exact) mass is 457 g/mol. The van der Waals surface area contributed by atoms with Crippen LogP contribution in [0.25, 0.3) is 11.3 Å². The van der Waals surface area contributed by atoms with Gasteiger partial charge in [0.05, 0.1) is 10.7 Å². The van der Waals surface area contributed by atoms with Gasteiger partial charge in [-0.05, 0) is 50.4 Å². The predicted octanol–water partition coefficient (Wildman–Crippen LogP) is 3.82. The van der Waals surface area contributed by atoms with Crippen molar-refractivity contribution in [2.24, 2.45) is 11.7 Å². The van der Waals surface area contributed by atoms with Crippen LogP contribution in [0.2, 0.25) is 5.02 Å². The van der Waals surface area contributed by atoms with Gasteiger partial charge in [0.1, 0.15) is 22.8 Å². The molecule has 1 amide bonds. The maximum atomic E-state index is 12.1. The zero-order valence-corrected chi connectivity index (χ0v) is 18.7. The van der Waals surface area contributed by atoms with E-state index in [0.29, 0.717) is 38.0 Å². The smallest absolute Gasteiger partial charge is 0.261 e. The van der Waals surface area contributed by atoms with E-state index in [1.165, 1.54) is 17.7 Å². The molecule has 4 rings (SSSR count). The number of amides is 1. The molecule has 5 N–H and O–H groups in total. The predicted molar refractivity (Wildman–Crippen MR) is 125 cm³/mol. The number of nitrogens with zero attached hydrogens (tertiary/aromatic N) is 3. The van der Waals surface area contributed by atoms with Crippen LogP contribution in [-0.2, 0) is 0 Å². The number of rotatable bonds is 7. The van der Waals surface area contributed by atoms with Gasteiger partial charge in [0, 0.05) is 18.2 Å². The molecule has 0 aliphatic carbocycles. The first-order valence-corrected chi connectivity index (χ1v) is 11.3.